The highest BCUT2D eigenvalue weighted by Crippen LogP contribution is 2.54. The summed E-state index contributed by atoms with van der Waals surface area (Å²) in [4.78, 5) is 55.5. The molecule has 242 valence electrons. The fourth-order valence-electron chi connectivity index (χ4n) is 5.26. The molecule has 0 aromatic carbocycles. The number of aromatic nitrogens is 8. The molecule has 7 heterocycles. The van der Waals surface area contributed by atoms with Gasteiger partial charge < -0.3 is 35.8 Å². The Morgan fingerprint density at radius 3 is 2.24 bits per heavy atom. The van der Waals surface area contributed by atoms with E-state index in [1.165, 1.54) is 0 Å². The molecule has 25 heteroatoms. The fourth-order valence-corrected chi connectivity index (χ4v) is 7.15. The van der Waals surface area contributed by atoms with Crippen molar-refractivity contribution < 1.29 is 56.0 Å². The van der Waals surface area contributed by atoms with E-state index >= 15 is 4.39 Å². The summed E-state index contributed by atoms with van der Waals surface area (Å²) in [7, 11) is -10.3. The number of ether oxygens (including phenoxy) is 2. The van der Waals surface area contributed by atoms with Crippen LogP contribution in [0, 0.1) is 0 Å². The van der Waals surface area contributed by atoms with E-state index in [0.717, 1.165) is 28.1 Å². The minimum absolute atomic E-state index is 0.00648. The number of nitrogens with zero attached hydrogens (tertiary/aromatic N) is 7. The summed E-state index contributed by atoms with van der Waals surface area (Å²) in [6.07, 6.45) is -10.5. The van der Waals surface area contributed by atoms with Gasteiger partial charge in [-0.1, -0.05) is 0 Å². The molecule has 8 N–H and O–H groups in total. The molecule has 0 spiro atoms. The van der Waals surface area contributed by atoms with Crippen LogP contribution in [-0.4, -0.2) is 104 Å². The quantitative estimate of drug-likeness (QED) is 0.133. The Morgan fingerprint density at radius 2 is 1.51 bits per heavy atom. The van der Waals surface area contributed by atoms with Gasteiger partial charge in [0.15, 0.2) is 41.3 Å². The molecule has 0 aliphatic carbocycles. The van der Waals surface area contributed by atoms with Crippen LogP contribution in [-0.2, 0) is 36.7 Å². The number of phosphoric ester groups is 2. The number of hydrogen-bond donors (Lipinski definition) is 6. The minimum Gasteiger partial charge on any atom is -0.387 e. The molecule has 0 radical (unpaired) electrons. The molecule has 7 rings (SSSR count). The van der Waals surface area contributed by atoms with E-state index < -0.39 is 83.6 Å². The molecular weight excluding hydrogens is 653 g/mol. The number of fused-ring (bicyclic) bond motifs is 5. The number of anilines is 2. The van der Waals surface area contributed by atoms with Crippen molar-refractivity contribution in [2.24, 2.45) is 0 Å². The topological polar surface area (TPSA) is 309 Å². The van der Waals surface area contributed by atoms with E-state index in [1.807, 2.05) is 0 Å². The van der Waals surface area contributed by atoms with E-state index in [1.54, 1.807) is 0 Å². The molecule has 45 heavy (non-hydrogen) atoms. The Bertz CT molecular complexity index is 1940. The summed E-state index contributed by atoms with van der Waals surface area (Å²) in [6, 6.07) is 0. The Morgan fingerprint density at radius 1 is 0.889 bits per heavy atom. The standard InChI is InChI=1S/C20H23FN10O12P2/c21-8-12-7(41-18(8)30-4-26-9-14(22)24-3-25-15(9)30)2-39-45(36,37)43-13-11(32)6(1-38-44(34,35)42-12)40-19(13)31-5-27-10-16(31)28-20(23)29-17(10)33/h3-8,11-13,18-19,32H,1-2H2,(H,34,35)(H,36,37)(H2,22,24,25)(H3,23,28,29,33)/t6-,7-,8-,11-,12-,13-,18-,19-/m0/s1. The average molecular weight is 676 g/mol. The maximum absolute atomic E-state index is 15.9. The first kappa shape index (κ1) is 30.2. The lowest BCUT2D eigenvalue weighted by Crippen LogP contribution is -2.35. The van der Waals surface area contributed by atoms with Crippen molar-refractivity contribution >= 4 is 49.7 Å². The van der Waals surface area contributed by atoms with Crippen LogP contribution in [0.1, 0.15) is 12.5 Å². The molecule has 2 bridgehead atoms. The highest BCUT2D eigenvalue weighted by atomic mass is 31.2. The van der Waals surface area contributed by atoms with Gasteiger partial charge in [-0.15, -0.1) is 0 Å². The number of imidazole rings is 2. The van der Waals surface area contributed by atoms with Crippen LogP contribution < -0.4 is 17.0 Å². The number of hydrogen-bond acceptors (Lipinski definition) is 17. The first-order valence-corrected chi connectivity index (χ1v) is 15.9. The van der Waals surface area contributed by atoms with Crippen molar-refractivity contribution in [3.8, 4) is 0 Å². The summed E-state index contributed by atoms with van der Waals surface area (Å²) in [5, 5.41) is 11.0. The second-order valence-corrected chi connectivity index (χ2v) is 12.9. The number of H-pyrrole nitrogens is 1. The van der Waals surface area contributed by atoms with Gasteiger partial charge in [0.05, 0.1) is 25.9 Å². The Hall–Kier alpha value is -3.47. The minimum atomic E-state index is -5.15. The first-order chi connectivity index (χ1) is 21.3. The van der Waals surface area contributed by atoms with E-state index in [4.69, 9.17) is 39.0 Å². The van der Waals surface area contributed by atoms with E-state index in [-0.39, 0.29) is 34.1 Å². The van der Waals surface area contributed by atoms with Crippen molar-refractivity contribution in [3.63, 3.8) is 0 Å². The lowest BCUT2D eigenvalue weighted by Gasteiger charge is -2.25. The smallest absolute Gasteiger partial charge is 0.387 e. The molecule has 0 amide bonds. The van der Waals surface area contributed by atoms with Crippen molar-refractivity contribution in [1.29, 1.82) is 0 Å². The number of phosphoric acid groups is 2. The number of aliphatic hydroxyl groups excluding tert-OH is 1. The van der Waals surface area contributed by atoms with Gasteiger partial charge >= 0.3 is 15.6 Å². The molecule has 0 saturated carbocycles. The summed E-state index contributed by atoms with van der Waals surface area (Å²) in [5.41, 5.74) is 10.6. The molecule has 10 atom stereocenters. The third kappa shape index (κ3) is 5.30. The maximum atomic E-state index is 15.9. The summed E-state index contributed by atoms with van der Waals surface area (Å²) >= 11 is 0. The number of alkyl halides is 1. The molecule has 4 aromatic rings. The van der Waals surface area contributed by atoms with E-state index in [9.17, 15) is 28.8 Å². The molecule has 2 unspecified atom stereocenters. The van der Waals surface area contributed by atoms with Crippen LogP contribution in [0.3, 0.4) is 0 Å². The predicted molar refractivity (Wildman–Crippen MR) is 142 cm³/mol. The van der Waals surface area contributed by atoms with Gasteiger partial charge in [0.25, 0.3) is 5.56 Å². The maximum Gasteiger partial charge on any atom is 0.472 e. The van der Waals surface area contributed by atoms with Crippen LogP contribution in [0.25, 0.3) is 22.3 Å². The highest BCUT2D eigenvalue weighted by Gasteiger charge is 2.54. The SMILES string of the molecule is Nc1nc2c(ncn2[C@H]2O[C@H]3COP(=O)(O)O[C@@H]4[C@H](F)[C@@H](n5cnc6c(N)ncnc65)O[C@H]4COP(=O)(O)O[C@H]2[C@H]3O)c(=O)[nH]1. The molecule has 3 saturated heterocycles. The van der Waals surface area contributed by atoms with Gasteiger partial charge in [-0.3, -0.25) is 37.0 Å². The Kier molecular flexibility index (Phi) is 7.26. The summed E-state index contributed by atoms with van der Waals surface area (Å²) in [5.74, 6) is -0.301. The molecule has 4 aromatic heterocycles. The van der Waals surface area contributed by atoms with Crippen LogP contribution >= 0.6 is 15.6 Å². The average Bonchev–Trinajstić information content (AvgIpc) is 3.72. The van der Waals surface area contributed by atoms with Gasteiger partial charge in [0.2, 0.25) is 5.95 Å². The second-order valence-electron chi connectivity index (χ2n) is 10.1. The zero-order valence-corrected chi connectivity index (χ0v) is 24.1. The molecule has 22 nitrogen and oxygen atoms in total. The van der Waals surface area contributed by atoms with Gasteiger partial charge in [-0.2, -0.15) is 4.98 Å². The zero-order chi connectivity index (χ0) is 31.8. The van der Waals surface area contributed by atoms with Crippen LogP contribution in [0.4, 0.5) is 16.2 Å². The monoisotopic (exact) mass is 676 g/mol. The third-order valence-electron chi connectivity index (χ3n) is 7.28. The normalized spacial score (nSPS) is 37.7. The molecular formula is C20H23FN10O12P2. The van der Waals surface area contributed by atoms with E-state index in [2.05, 4.69) is 29.9 Å². The number of aromatic amines is 1. The predicted octanol–water partition coefficient (Wildman–Crippen LogP) is -1.36. The number of rotatable bonds is 2. The van der Waals surface area contributed by atoms with Gasteiger partial charge in [-0.05, 0) is 0 Å². The number of halogens is 1. The van der Waals surface area contributed by atoms with Crippen molar-refractivity contribution in [3.05, 3.63) is 29.3 Å². The molecule has 3 aliphatic rings. The zero-order valence-electron chi connectivity index (χ0n) is 22.3. The van der Waals surface area contributed by atoms with Crippen LogP contribution in [0.5, 0.6) is 0 Å². The summed E-state index contributed by atoms with van der Waals surface area (Å²) < 4.78 is 76.3. The van der Waals surface area contributed by atoms with E-state index in [0.29, 0.717) is 0 Å². The molecule has 3 fully saturated rings. The van der Waals surface area contributed by atoms with Gasteiger partial charge in [0.1, 0.15) is 42.4 Å². The first-order valence-electron chi connectivity index (χ1n) is 12.9. The number of nitrogen functional groups attached to an aromatic ring is 2. The fraction of sp³-hybridized carbons (Fsp3) is 0.500. The lowest BCUT2D eigenvalue weighted by molar-refractivity contribution is -0.0670. The van der Waals surface area contributed by atoms with Crippen molar-refractivity contribution in [1.82, 2.24) is 39.0 Å². The molecule has 3 aliphatic heterocycles. The Labute approximate surface area is 248 Å². The van der Waals surface area contributed by atoms with Crippen LogP contribution in [0.2, 0.25) is 0 Å². The largest absolute Gasteiger partial charge is 0.472 e. The van der Waals surface area contributed by atoms with Crippen molar-refractivity contribution in [2.45, 2.75) is 49.1 Å². The van der Waals surface area contributed by atoms with Gasteiger partial charge in [0, 0.05) is 0 Å². The lowest BCUT2D eigenvalue weighted by atomic mass is 10.1. The second kappa shape index (κ2) is 10.8. The number of nitrogens with one attached hydrogen (secondary N) is 1. The van der Waals surface area contributed by atoms with Crippen LogP contribution in [0.15, 0.2) is 23.8 Å². The van der Waals surface area contributed by atoms with Gasteiger partial charge in [-0.25, -0.2) is 33.5 Å². The number of aliphatic hydroxyl groups is 1. The summed E-state index contributed by atoms with van der Waals surface area (Å²) in [6.45, 7) is -1.77. The Balaban J connectivity index is 1.21. The third-order valence-corrected chi connectivity index (χ3v) is 9.25. The highest BCUT2D eigenvalue weighted by molar-refractivity contribution is 7.47. The number of nitrogens with two attached hydrogens (primary N) is 2. The van der Waals surface area contributed by atoms with Crippen molar-refractivity contribution in [2.75, 3.05) is 24.7 Å².